The van der Waals surface area contributed by atoms with Crippen molar-refractivity contribution in [3.63, 3.8) is 0 Å². The molecule has 4 nitrogen and oxygen atoms in total. The molecule has 0 amide bonds. The summed E-state index contributed by atoms with van der Waals surface area (Å²) in [6, 6.07) is 8.03. The fraction of sp³-hybridized carbons (Fsp3) is 0.0769. The largest absolute Gasteiger partial charge is 0.397 e. The third kappa shape index (κ3) is 2.55. The average molecular weight is 242 g/mol. The molecule has 0 radical (unpaired) electrons. The molecule has 1 heterocycles. The van der Waals surface area contributed by atoms with Crippen molar-refractivity contribution in [3.8, 4) is 6.07 Å². The number of benzene rings is 1. The Morgan fingerprint density at radius 2 is 2.11 bits per heavy atom. The summed E-state index contributed by atoms with van der Waals surface area (Å²) in [6.45, 7) is 1.79. The number of nitrogens with zero attached hydrogens (tertiary/aromatic N) is 2. The highest BCUT2D eigenvalue weighted by molar-refractivity contribution is 5.65. The zero-order valence-corrected chi connectivity index (χ0v) is 9.74. The minimum Gasteiger partial charge on any atom is -0.397 e. The van der Waals surface area contributed by atoms with Crippen molar-refractivity contribution < 1.29 is 4.39 Å². The molecular weight excluding hydrogens is 231 g/mol. The summed E-state index contributed by atoms with van der Waals surface area (Å²) in [5.74, 6) is 0.0168. The second kappa shape index (κ2) is 4.72. The van der Waals surface area contributed by atoms with Gasteiger partial charge in [-0.3, -0.25) is 0 Å². The van der Waals surface area contributed by atoms with Crippen molar-refractivity contribution in [2.45, 2.75) is 6.92 Å². The molecule has 0 aliphatic rings. The summed E-state index contributed by atoms with van der Waals surface area (Å²) in [7, 11) is 0. The number of anilines is 3. The Balaban J connectivity index is 2.37. The Hall–Kier alpha value is -2.61. The van der Waals surface area contributed by atoms with Crippen molar-refractivity contribution in [3.05, 3.63) is 47.4 Å². The van der Waals surface area contributed by atoms with Gasteiger partial charge in [0.2, 0.25) is 0 Å². The van der Waals surface area contributed by atoms with Gasteiger partial charge >= 0.3 is 0 Å². The smallest absolute Gasteiger partial charge is 0.148 e. The van der Waals surface area contributed by atoms with Gasteiger partial charge in [-0.15, -0.1) is 0 Å². The van der Waals surface area contributed by atoms with Crippen molar-refractivity contribution in [2.24, 2.45) is 0 Å². The van der Waals surface area contributed by atoms with Crippen molar-refractivity contribution >= 4 is 17.2 Å². The highest BCUT2D eigenvalue weighted by atomic mass is 19.1. The molecule has 0 spiro atoms. The second-order valence-corrected chi connectivity index (χ2v) is 3.92. The number of aromatic nitrogens is 1. The van der Waals surface area contributed by atoms with E-state index >= 15 is 0 Å². The molecule has 5 heteroatoms. The first kappa shape index (κ1) is 11.9. The minimum absolute atomic E-state index is 0.317. The van der Waals surface area contributed by atoms with E-state index in [0.29, 0.717) is 22.8 Å². The number of hydrogen-bond donors (Lipinski definition) is 2. The van der Waals surface area contributed by atoms with Gasteiger partial charge in [0.25, 0.3) is 0 Å². The summed E-state index contributed by atoms with van der Waals surface area (Å²) in [5, 5.41) is 11.9. The van der Waals surface area contributed by atoms with Gasteiger partial charge in [0.05, 0.1) is 17.4 Å². The average Bonchev–Trinajstić information content (AvgIpc) is 2.30. The van der Waals surface area contributed by atoms with Crippen LogP contribution in [0.2, 0.25) is 0 Å². The highest BCUT2D eigenvalue weighted by Gasteiger charge is 2.05. The molecule has 0 bridgehead atoms. The summed E-state index contributed by atoms with van der Waals surface area (Å²) in [6.07, 6.45) is 1.44. The second-order valence-electron chi connectivity index (χ2n) is 3.92. The van der Waals surface area contributed by atoms with Crippen LogP contribution in [0.3, 0.4) is 0 Å². The van der Waals surface area contributed by atoms with Gasteiger partial charge in [-0.2, -0.15) is 5.26 Å². The molecule has 0 unspecified atom stereocenters. The molecule has 0 aliphatic heterocycles. The van der Waals surface area contributed by atoms with Crippen LogP contribution in [-0.2, 0) is 0 Å². The van der Waals surface area contributed by atoms with E-state index in [1.807, 2.05) is 6.07 Å². The lowest BCUT2D eigenvalue weighted by atomic mass is 10.2. The molecule has 3 N–H and O–H groups in total. The third-order valence-electron chi connectivity index (χ3n) is 2.33. The molecule has 0 fully saturated rings. The van der Waals surface area contributed by atoms with Crippen molar-refractivity contribution in [2.75, 3.05) is 11.1 Å². The Morgan fingerprint density at radius 3 is 2.78 bits per heavy atom. The maximum absolute atomic E-state index is 13.2. The molecule has 1 aromatic carbocycles. The summed E-state index contributed by atoms with van der Waals surface area (Å²) >= 11 is 0. The predicted octanol–water partition coefficient (Wildman–Crippen LogP) is 2.73. The number of nitrogen functional groups attached to an aromatic ring is 1. The molecule has 2 aromatic rings. The van der Waals surface area contributed by atoms with Crippen molar-refractivity contribution in [1.29, 1.82) is 5.26 Å². The fourth-order valence-corrected chi connectivity index (χ4v) is 1.61. The van der Waals surface area contributed by atoms with Gasteiger partial charge < -0.3 is 11.1 Å². The van der Waals surface area contributed by atoms with Gasteiger partial charge in [0, 0.05) is 5.69 Å². The van der Waals surface area contributed by atoms with E-state index < -0.39 is 0 Å². The van der Waals surface area contributed by atoms with Crippen LogP contribution < -0.4 is 11.1 Å². The first-order valence-electron chi connectivity index (χ1n) is 5.28. The number of aryl methyl sites for hydroxylation is 1. The molecule has 0 atom stereocenters. The molecule has 0 saturated heterocycles. The minimum atomic E-state index is -0.341. The molecular formula is C13H11FN4. The van der Waals surface area contributed by atoms with Gasteiger partial charge in [-0.1, -0.05) is 0 Å². The summed E-state index contributed by atoms with van der Waals surface area (Å²) < 4.78 is 13.2. The van der Waals surface area contributed by atoms with Crippen LogP contribution in [0.4, 0.5) is 21.6 Å². The number of nitrogens with one attached hydrogen (secondary N) is 1. The Morgan fingerprint density at radius 1 is 1.33 bits per heavy atom. The predicted molar refractivity (Wildman–Crippen MR) is 67.8 cm³/mol. The number of nitrogens with two attached hydrogens (primary N) is 1. The normalized spacial score (nSPS) is 9.83. The SMILES string of the molecule is Cc1cc(F)cc(Nc2ncc(N)cc2C#N)c1. The summed E-state index contributed by atoms with van der Waals surface area (Å²) in [4.78, 5) is 4.02. The quantitative estimate of drug-likeness (QED) is 0.849. The van der Waals surface area contributed by atoms with E-state index in [2.05, 4.69) is 10.3 Å². The van der Waals surface area contributed by atoms with Crippen molar-refractivity contribution in [1.82, 2.24) is 4.98 Å². The number of rotatable bonds is 2. The molecule has 90 valence electrons. The Kier molecular flexibility index (Phi) is 3.11. The molecule has 2 rings (SSSR count). The first-order chi connectivity index (χ1) is 8.58. The van der Waals surface area contributed by atoms with Gasteiger partial charge in [-0.25, -0.2) is 9.37 Å². The van der Waals surface area contributed by atoms with Gasteiger partial charge in [0.15, 0.2) is 0 Å². The molecule has 0 aliphatic carbocycles. The zero-order valence-electron chi connectivity index (χ0n) is 9.74. The lowest BCUT2D eigenvalue weighted by molar-refractivity contribution is 0.627. The van der Waals surface area contributed by atoms with Gasteiger partial charge in [-0.05, 0) is 36.8 Å². The van der Waals surface area contributed by atoms with E-state index in [4.69, 9.17) is 11.0 Å². The number of pyridine rings is 1. The molecule has 1 aromatic heterocycles. The first-order valence-corrected chi connectivity index (χ1v) is 5.28. The van der Waals surface area contributed by atoms with Crippen LogP contribution in [0.1, 0.15) is 11.1 Å². The third-order valence-corrected chi connectivity index (χ3v) is 2.33. The van der Waals surface area contributed by atoms with E-state index in [-0.39, 0.29) is 5.82 Å². The van der Waals surface area contributed by atoms with Crippen LogP contribution in [-0.4, -0.2) is 4.98 Å². The van der Waals surface area contributed by atoms with Crippen LogP contribution in [0.5, 0.6) is 0 Å². The molecule has 0 saturated carbocycles. The number of hydrogen-bond acceptors (Lipinski definition) is 4. The zero-order chi connectivity index (χ0) is 13.1. The van der Waals surface area contributed by atoms with Crippen LogP contribution in [0.25, 0.3) is 0 Å². The van der Waals surface area contributed by atoms with Crippen LogP contribution >= 0.6 is 0 Å². The van der Waals surface area contributed by atoms with E-state index in [1.54, 1.807) is 13.0 Å². The maximum Gasteiger partial charge on any atom is 0.148 e. The van der Waals surface area contributed by atoms with Crippen LogP contribution in [0.15, 0.2) is 30.5 Å². The fourth-order valence-electron chi connectivity index (χ4n) is 1.61. The van der Waals surface area contributed by atoms with Gasteiger partial charge in [0.1, 0.15) is 17.7 Å². The standard InChI is InChI=1S/C13H11FN4/c1-8-2-10(14)5-12(3-8)18-13-9(6-15)4-11(16)7-17-13/h2-5,7H,16H2,1H3,(H,17,18). The topological polar surface area (TPSA) is 74.7 Å². The highest BCUT2D eigenvalue weighted by Crippen LogP contribution is 2.21. The van der Waals surface area contributed by atoms with E-state index in [0.717, 1.165) is 5.56 Å². The maximum atomic E-state index is 13.2. The van der Waals surface area contributed by atoms with E-state index in [1.165, 1.54) is 24.4 Å². The number of nitriles is 1. The monoisotopic (exact) mass is 242 g/mol. The number of halogens is 1. The Bertz CT molecular complexity index is 611. The molecule has 18 heavy (non-hydrogen) atoms. The lowest BCUT2D eigenvalue weighted by Gasteiger charge is -2.08. The van der Waals surface area contributed by atoms with E-state index in [9.17, 15) is 4.39 Å². The summed E-state index contributed by atoms with van der Waals surface area (Å²) in [5.41, 5.74) is 7.60. The Labute approximate surface area is 104 Å². The van der Waals surface area contributed by atoms with Crippen LogP contribution in [0, 0.1) is 24.1 Å². The lowest BCUT2D eigenvalue weighted by Crippen LogP contribution is -1.99.